The van der Waals surface area contributed by atoms with Gasteiger partial charge in [0.15, 0.2) is 0 Å². The summed E-state index contributed by atoms with van der Waals surface area (Å²) in [5.41, 5.74) is 3.71. The monoisotopic (exact) mass is 448 g/mol. The molecule has 1 amide bonds. The first-order valence-corrected chi connectivity index (χ1v) is 12.4. The van der Waals surface area contributed by atoms with E-state index in [9.17, 15) is 9.59 Å². The first-order valence-electron chi connectivity index (χ1n) is 12.4. The van der Waals surface area contributed by atoms with Crippen molar-refractivity contribution in [3.05, 3.63) is 51.5 Å². The number of fused-ring (bicyclic) bond motifs is 2. The van der Waals surface area contributed by atoms with Gasteiger partial charge in [-0.15, -0.1) is 0 Å². The normalized spacial score (nSPS) is 28.8. The number of carbonyl (C=O) groups excluding carboxylic acids is 1. The van der Waals surface area contributed by atoms with Crippen molar-refractivity contribution in [1.82, 2.24) is 25.2 Å². The van der Waals surface area contributed by atoms with Crippen molar-refractivity contribution < 1.29 is 4.79 Å². The molecule has 0 aromatic carbocycles. The number of aryl methyl sites for hydroxylation is 1. The molecule has 2 aromatic heterocycles. The highest BCUT2D eigenvalue weighted by Gasteiger charge is 2.59. The number of hydrogen-bond acceptors (Lipinski definition) is 6. The summed E-state index contributed by atoms with van der Waals surface area (Å²) in [5.74, 6) is 1.52. The second-order valence-corrected chi connectivity index (χ2v) is 10.3. The number of aromatic nitrogens is 3. The Morgan fingerprint density at radius 2 is 1.91 bits per heavy atom. The summed E-state index contributed by atoms with van der Waals surface area (Å²) in [5, 5.41) is 2.61. The van der Waals surface area contributed by atoms with E-state index in [-0.39, 0.29) is 16.9 Å². The first-order chi connectivity index (χ1) is 16.1. The average Bonchev–Trinajstić information content (AvgIpc) is 3.41. The zero-order chi connectivity index (χ0) is 22.6. The number of piperazine rings is 1. The summed E-state index contributed by atoms with van der Waals surface area (Å²) < 4.78 is 0. The molecule has 3 saturated carbocycles. The molecular weight excluding hydrogens is 416 g/mol. The van der Waals surface area contributed by atoms with Crippen LogP contribution in [0, 0.1) is 5.92 Å². The maximum atomic E-state index is 12.7. The molecule has 1 unspecified atom stereocenters. The summed E-state index contributed by atoms with van der Waals surface area (Å²) in [4.78, 5) is 41.9. The van der Waals surface area contributed by atoms with Gasteiger partial charge >= 0.3 is 0 Å². The van der Waals surface area contributed by atoms with Crippen LogP contribution in [0.2, 0.25) is 0 Å². The number of pyridine rings is 1. The summed E-state index contributed by atoms with van der Waals surface area (Å²) in [6.45, 7) is 3.99. The predicted octanol–water partition coefficient (Wildman–Crippen LogP) is 1.65. The summed E-state index contributed by atoms with van der Waals surface area (Å²) in [6.07, 6.45) is 9.32. The van der Waals surface area contributed by atoms with Crippen LogP contribution in [0.4, 0.5) is 5.69 Å². The van der Waals surface area contributed by atoms with Crippen molar-refractivity contribution in [1.29, 1.82) is 0 Å². The minimum atomic E-state index is -0.157. The molecule has 174 valence electrons. The number of aromatic amines is 1. The quantitative estimate of drug-likeness (QED) is 0.739. The zero-order valence-corrected chi connectivity index (χ0v) is 19.3. The Kier molecular flexibility index (Phi) is 5.01. The molecule has 0 spiro atoms. The Hall–Kier alpha value is -2.74. The molecule has 4 fully saturated rings. The molecule has 7 rings (SSSR count). The number of anilines is 1. The van der Waals surface area contributed by atoms with Gasteiger partial charge in [0.1, 0.15) is 11.5 Å². The highest BCUT2D eigenvalue weighted by Crippen LogP contribution is 2.60. The average molecular weight is 449 g/mol. The molecule has 4 aliphatic carbocycles. The number of hydrogen-bond donors (Lipinski definition) is 2. The lowest BCUT2D eigenvalue weighted by Gasteiger charge is -2.41. The lowest BCUT2D eigenvalue weighted by molar-refractivity contribution is 0.0958. The summed E-state index contributed by atoms with van der Waals surface area (Å²) >= 11 is 0. The van der Waals surface area contributed by atoms with Gasteiger partial charge in [0, 0.05) is 50.2 Å². The van der Waals surface area contributed by atoms with E-state index >= 15 is 0 Å². The molecule has 2 N–H and O–H groups in total. The van der Waals surface area contributed by atoms with Crippen LogP contribution in [0.1, 0.15) is 59.7 Å². The number of rotatable bonds is 4. The Bertz CT molecular complexity index is 1110. The van der Waals surface area contributed by atoms with Gasteiger partial charge in [-0.05, 0) is 63.0 Å². The topological polar surface area (TPSA) is 94.2 Å². The van der Waals surface area contributed by atoms with E-state index in [0.717, 1.165) is 93.9 Å². The van der Waals surface area contributed by atoms with Crippen LogP contribution in [-0.2, 0) is 18.3 Å². The fraction of sp³-hybridized carbons (Fsp3) is 0.600. The van der Waals surface area contributed by atoms with Gasteiger partial charge in [-0.2, -0.15) is 0 Å². The Morgan fingerprint density at radius 3 is 2.64 bits per heavy atom. The Morgan fingerprint density at radius 1 is 1.12 bits per heavy atom. The second-order valence-electron chi connectivity index (χ2n) is 10.3. The van der Waals surface area contributed by atoms with Crippen molar-refractivity contribution in [3.63, 3.8) is 0 Å². The lowest BCUT2D eigenvalue weighted by atomic mass is 9.69. The molecular formula is C25H32N6O2. The van der Waals surface area contributed by atoms with Crippen molar-refractivity contribution in [2.24, 2.45) is 5.92 Å². The van der Waals surface area contributed by atoms with Crippen LogP contribution in [0.15, 0.2) is 23.1 Å². The number of amides is 1. The van der Waals surface area contributed by atoms with Crippen LogP contribution in [0.3, 0.4) is 0 Å². The fourth-order valence-electron chi connectivity index (χ4n) is 6.67. The van der Waals surface area contributed by atoms with Gasteiger partial charge in [0.05, 0.1) is 17.6 Å². The van der Waals surface area contributed by atoms with Crippen LogP contribution in [0.25, 0.3) is 0 Å². The highest BCUT2D eigenvalue weighted by atomic mass is 16.1. The van der Waals surface area contributed by atoms with Crippen LogP contribution >= 0.6 is 0 Å². The van der Waals surface area contributed by atoms with Gasteiger partial charge in [0.2, 0.25) is 0 Å². The molecule has 1 saturated heterocycles. The smallest absolute Gasteiger partial charge is 0.269 e. The van der Waals surface area contributed by atoms with E-state index in [1.54, 1.807) is 19.3 Å². The molecule has 3 heterocycles. The third-order valence-corrected chi connectivity index (χ3v) is 8.50. The number of nitrogens with one attached hydrogen (secondary N) is 2. The standard InChI is InChI=1S/C25H32N6O2/c1-26-23(33)20-7-6-17(15-27-20)30-8-10-31(11-9-30)21-14-25(12-16(21)13-25)24-28-19-5-3-2-4-18(19)22(32)29-24/h6-7,15-16,21H,2-5,8-14H2,1H3,(H,26,33)(H,28,29,32). The molecule has 33 heavy (non-hydrogen) atoms. The van der Waals surface area contributed by atoms with E-state index in [1.165, 1.54) is 0 Å². The molecule has 2 bridgehead atoms. The maximum absolute atomic E-state index is 12.7. The molecule has 8 nitrogen and oxygen atoms in total. The summed E-state index contributed by atoms with van der Waals surface area (Å²) in [6, 6.07) is 4.37. The van der Waals surface area contributed by atoms with Gasteiger partial charge < -0.3 is 15.2 Å². The predicted molar refractivity (Wildman–Crippen MR) is 126 cm³/mol. The van der Waals surface area contributed by atoms with Crippen LogP contribution in [-0.4, -0.2) is 65.0 Å². The number of nitrogens with zero attached hydrogens (tertiary/aromatic N) is 4. The zero-order valence-electron chi connectivity index (χ0n) is 19.3. The van der Waals surface area contributed by atoms with E-state index < -0.39 is 0 Å². The van der Waals surface area contributed by atoms with Crippen LogP contribution in [0.5, 0.6) is 0 Å². The SMILES string of the molecule is CNC(=O)c1ccc(N2CCN(C3CC4(c5nc6c(c(=O)[nH]5)CCCC6)CC3C4)CC2)cn1. The molecule has 1 atom stereocenters. The van der Waals surface area contributed by atoms with Crippen molar-refractivity contribution >= 4 is 11.6 Å². The lowest BCUT2D eigenvalue weighted by Crippen LogP contribution is -2.51. The Balaban J connectivity index is 1.11. The molecule has 1 aliphatic heterocycles. The fourth-order valence-corrected chi connectivity index (χ4v) is 6.67. The third kappa shape index (κ3) is 3.46. The molecule has 8 heteroatoms. The Labute approximate surface area is 193 Å². The maximum Gasteiger partial charge on any atom is 0.269 e. The minimum Gasteiger partial charge on any atom is -0.368 e. The van der Waals surface area contributed by atoms with E-state index in [2.05, 4.69) is 25.1 Å². The minimum absolute atomic E-state index is 0.0811. The number of carbonyl (C=O) groups is 1. The van der Waals surface area contributed by atoms with Crippen molar-refractivity contribution in [2.75, 3.05) is 38.1 Å². The van der Waals surface area contributed by atoms with E-state index in [0.29, 0.717) is 17.7 Å². The van der Waals surface area contributed by atoms with Gasteiger partial charge in [-0.25, -0.2) is 9.97 Å². The van der Waals surface area contributed by atoms with E-state index in [1.807, 2.05) is 6.07 Å². The first kappa shape index (κ1) is 20.8. The van der Waals surface area contributed by atoms with Crippen LogP contribution < -0.4 is 15.8 Å². The summed E-state index contributed by atoms with van der Waals surface area (Å²) in [7, 11) is 1.62. The molecule has 5 aliphatic rings. The number of H-pyrrole nitrogens is 1. The third-order valence-electron chi connectivity index (χ3n) is 8.50. The van der Waals surface area contributed by atoms with Crippen molar-refractivity contribution in [3.8, 4) is 0 Å². The van der Waals surface area contributed by atoms with Gasteiger partial charge in [-0.1, -0.05) is 0 Å². The molecule has 2 aromatic rings. The highest BCUT2D eigenvalue weighted by molar-refractivity contribution is 5.92. The van der Waals surface area contributed by atoms with Crippen molar-refractivity contribution in [2.45, 2.75) is 56.4 Å². The van der Waals surface area contributed by atoms with Gasteiger partial charge in [-0.3, -0.25) is 14.5 Å². The largest absolute Gasteiger partial charge is 0.368 e. The van der Waals surface area contributed by atoms with Gasteiger partial charge in [0.25, 0.3) is 11.5 Å². The molecule has 0 radical (unpaired) electrons. The van der Waals surface area contributed by atoms with E-state index in [4.69, 9.17) is 4.98 Å². The second kappa shape index (κ2) is 7.94.